The Morgan fingerprint density at radius 1 is 1.32 bits per heavy atom. The molecule has 0 unspecified atom stereocenters. The van der Waals surface area contributed by atoms with Crippen LogP contribution >= 0.6 is 0 Å². The van der Waals surface area contributed by atoms with Gasteiger partial charge in [0.15, 0.2) is 0 Å². The van der Waals surface area contributed by atoms with Gasteiger partial charge in [-0.3, -0.25) is 4.79 Å². The molecular weight excluding hydrogens is 281 g/mol. The van der Waals surface area contributed by atoms with Crippen molar-refractivity contribution in [1.29, 1.82) is 0 Å². The molecule has 2 aromatic rings. The van der Waals surface area contributed by atoms with Crippen LogP contribution in [-0.2, 0) is 6.54 Å². The Bertz CT molecular complexity index is 750. The fourth-order valence-corrected chi connectivity index (χ4v) is 2.48. The van der Waals surface area contributed by atoms with Crippen LogP contribution in [0.2, 0.25) is 0 Å². The van der Waals surface area contributed by atoms with E-state index >= 15 is 0 Å². The molecule has 22 heavy (non-hydrogen) atoms. The number of benzene rings is 1. The van der Waals surface area contributed by atoms with Crippen LogP contribution in [0.4, 0.5) is 10.1 Å². The summed E-state index contributed by atoms with van der Waals surface area (Å²) in [5, 5.41) is 7.47. The number of aryl methyl sites for hydroxylation is 1. The van der Waals surface area contributed by atoms with Crippen molar-refractivity contribution in [2.24, 2.45) is 5.92 Å². The highest BCUT2D eigenvalue weighted by Crippen LogP contribution is 2.25. The van der Waals surface area contributed by atoms with Crippen LogP contribution in [0.3, 0.4) is 0 Å². The van der Waals surface area contributed by atoms with Crippen LogP contribution in [0.1, 0.15) is 25.0 Å². The van der Waals surface area contributed by atoms with Gasteiger partial charge < -0.3 is 5.32 Å². The van der Waals surface area contributed by atoms with E-state index < -0.39 is 0 Å². The monoisotopic (exact) mass is 303 g/mol. The third-order valence-electron chi connectivity index (χ3n) is 3.62. The molecule has 0 bridgehead atoms. The molecule has 1 heterocycles. The van der Waals surface area contributed by atoms with Crippen LogP contribution in [0.15, 0.2) is 23.0 Å². The summed E-state index contributed by atoms with van der Waals surface area (Å²) in [7, 11) is 1.73. The van der Waals surface area contributed by atoms with E-state index in [-0.39, 0.29) is 11.4 Å². The van der Waals surface area contributed by atoms with E-state index in [0.717, 1.165) is 11.1 Å². The lowest BCUT2D eigenvalue weighted by atomic mass is 10.0. The Kier molecular flexibility index (Phi) is 4.64. The van der Waals surface area contributed by atoms with Gasteiger partial charge in [-0.25, -0.2) is 9.07 Å². The number of aromatic nitrogens is 2. The first-order chi connectivity index (χ1) is 10.3. The van der Waals surface area contributed by atoms with Gasteiger partial charge in [-0.1, -0.05) is 13.8 Å². The molecule has 118 valence electrons. The largest absolute Gasteiger partial charge is 0.383 e. The minimum Gasteiger partial charge on any atom is -0.383 e. The third kappa shape index (κ3) is 3.03. The predicted octanol–water partition coefficient (Wildman–Crippen LogP) is 3.36. The average Bonchev–Trinajstić information content (AvgIpc) is 2.45. The summed E-state index contributed by atoms with van der Waals surface area (Å²) in [5.41, 5.74) is 3.26. The van der Waals surface area contributed by atoms with Gasteiger partial charge in [-0.2, -0.15) is 5.10 Å². The molecule has 0 fully saturated rings. The minimum atomic E-state index is -0.245. The SMILES string of the molecule is CNc1c(C)c(-c2ccc(F)c(C)c2)nn(CC(C)C)c1=O. The molecule has 5 heteroatoms. The number of rotatable bonds is 4. The number of halogens is 1. The molecule has 0 spiro atoms. The van der Waals surface area contributed by atoms with Crippen molar-refractivity contribution in [2.75, 3.05) is 12.4 Å². The summed E-state index contributed by atoms with van der Waals surface area (Å²) in [6.45, 7) is 8.19. The number of nitrogens with one attached hydrogen (secondary N) is 1. The molecule has 0 radical (unpaired) electrons. The van der Waals surface area contributed by atoms with E-state index in [1.807, 2.05) is 20.8 Å². The highest BCUT2D eigenvalue weighted by Gasteiger charge is 2.16. The standard InChI is InChI=1S/C17H22FN3O/c1-10(2)9-21-17(22)16(19-5)12(4)15(20-21)13-6-7-14(18)11(3)8-13/h6-8,10,19H,9H2,1-5H3. The number of anilines is 1. The Hall–Kier alpha value is -2.17. The van der Waals surface area contributed by atoms with Crippen LogP contribution in [0.25, 0.3) is 11.3 Å². The molecule has 1 aromatic carbocycles. The van der Waals surface area contributed by atoms with Crippen LogP contribution in [-0.4, -0.2) is 16.8 Å². The van der Waals surface area contributed by atoms with Crippen molar-refractivity contribution in [1.82, 2.24) is 9.78 Å². The van der Waals surface area contributed by atoms with Crippen molar-refractivity contribution in [3.63, 3.8) is 0 Å². The van der Waals surface area contributed by atoms with E-state index in [2.05, 4.69) is 10.4 Å². The topological polar surface area (TPSA) is 46.9 Å². The smallest absolute Gasteiger partial charge is 0.290 e. The zero-order valence-corrected chi connectivity index (χ0v) is 13.7. The van der Waals surface area contributed by atoms with Gasteiger partial charge in [0.1, 0.15) is 11.5 Å². The maximum Gasteiger partial charge on any atom is 0.290 e. The Balaban J connectivity index is 2.69. The Morgan fingerprint density at radius 2 is 2.00 bits per heavy atom. The first-order valence-corrected chi connectivity index (χ1v) is 7.41. The second-order valence-electron chi connectivity index (χ2n) is 5.94. The van der Waals surface area contributed by atoms with Crippen LogP contribution in [0, 0.1) is 25.6 Å². The van der Waals surface area contributed by atoms with Gasteiger partial charge in [0.2, 0.25) is 0 Å². The maximum absolute atomic E-state index is 13.5. The summed E-state index contributed by atoms with van der Waals surface area (Å²) in [5.74, 6) is 0.0613. The first-order valence-electron chi connectivity index (χ1n) is 7.41. The van der Waals surface area contributed by atoms with Gasteiger partial charge in [0.05, 0.1) is 5.69 Å². The highest BCUT2D eigenvalue weighted by molar-refractivity contribution is 5.69. The van der Waals surface area contributed by atoms with Crippen molar-refractivity contribution in [3.8, 4) is 11.3 Å². The van der Waals surface area contributed by atoms with Crippen molar-refractivity contribution >= 4 is 5.69 Å². The molecule has 0 aliphatic heterocycles. The van der Waals surface area contributed by atoms with E-state index in [9.17, 15) is 9.18 Å². The zero-order chi connectivity index (χ0) is 16.4. The van der Waals surface area contributed by atoms with E-state index in [4.69, 9.17) is 0 Å². The lowest BCUT2D eigenvalue weighted by Gasteiger charge is -2.16. The van der Waals surface area contributed by atoms with Gasteiger partial charge in [-0.15, -0.1) is 0 Å². The van der Waals surface area contributed by atoms with Gasteiger partial charge in [-0.05, 0) is 43.5 Å². The van der Waals surface area contributed by atoms with Crippen LogP contribution in [0.5, 0.6) is 0 Å². The Morgan fingerprint density at radius 3 is 2.55 bits per heavy atom. The van der Waals surface area contributed by atoms with Crippen LogP contribution < -0.4 is 10.9 Å². The molecule has 0 saturated carbocycles. The second-order valence-corrected chi connectivity index (χ2v) is 5.94. The van der Waals surface area contributed by atoms with E-state index in [1.165, 1.54) is 10.7 Å². The molecule has 0 atom stereocenters. The summed E-state index contributed by atoms with van der Waals surface area (Å²) in [6, 6.07) is 4.89. The van der Waals surface area contributed by atoms with Gasteiger partial charge in [0.25, 0.3) is 5.56 Å². The number of nitrogens with zero attached hydrogens (tertiary/aromatic N) is 2. The fourth-order valence-electron chi connectivity index (χ4n) is 2.48. The zero-order valence-electron chi connectivity index (χ0n) is 13.7. The third-order valence-corrected chi connectivity index (χ3v) is 3.62. The molecule has 1 N–H and O–H groups in total. The molecular formula is C17H22FN3O. The lowest BCUT2D eigenvalue weighted by molar-refractivity contribution is 0.465. The molecule has 0 amide bonds. The van der Waals surface area contributed by atoms with Gasteiger partial charge >= 0.3 is 0 Å². The quantitative estimate of drug-likeness (QED) is 0.942. The van der Waals surface area contributed by atoms with Crippen molar-refractivity contribution < 1.29 is 4.39 Å². The summed E-state index contributed by atoms with van der Waals surface area (Å²) in [4.78, 5) is 12.4. The predicted molar refractivity (Wildman–Crippen MR) is 87.7 cm³/mol. The highest BCUT2D eigenvalue weighted by atomic mass is 19.1. The van der Waals surface area contributed by atoms with E-state index in [0.29, 0.717) is 29.4 Å². The molecule has 2 rings (SSSR count). The summed E-state index contributed by atoms with van der Waals surface area (Å²) in [6.07, 6.45) is 0. The summed E-state index contributed by atoms with van der Waals surface area (Å²) >= 11 is 0. The summed E-state index contributed by atoms with van der Waals surface area (Å²) < 4.78 is 15.0. The van der Waals surface area contributed by atoms with Crippen molar-refractivity contribution in [3.05, 3.63) is 45.5 Å². The normalized spacial score (nSPS) is 11.0. The molecule has 0 saturated heterocycles. The maximum atomic E-state index is 13.5. The first kappa shape index (κ1) is 16.2. The van der Waals surface area contributed by atoms with Gasteiger partial charge in [0, 0.05) is 24.7 Å². The molecule has 0 aliphatic carbocycles. The Labute approximate surface area is 130 Å². The fraction of sp³-hybridized carbons (Fsp3) is 0.412. The molecule has 0 aliphatic rings. The lowest BCUT2D eigenvalue weighted by Crippen LogP contribution is -2.28. The minimum absolute atomic E-state index is 0.128. The average molecular weight is 303 g/mol. The second kappa shape index (κ2) is 6.30. The number of hydrogen-bond acceptors (Lipinski definition) is 3. The van der Waals surface area contributed by atoms with E-state index in [1.54, 1.807) is 26.1 Å². The number of hydrogen-bond donors (Lipinski definition) is 1. The molecule has 4 nitrogen and oxygen atoms in total. The molecule has 1 aromatic heterocycles. The van der Waals surface area contributed by atoms with Crippen molar-refractivity contribution in [2.45, 2.75) is 34.2 Å².